The molecule has 0 aliphatic heterocycles. The summed E-state index contributed by atoms with van der Waals surface area (Å²) in [7, 11) is 0. The van der Waals surface area contributed by atoms with Crippen molar-refractivity contribution in [1.82, 2.24) is 5.16 Å². The van der Waals surface area contributed by atoms with Crippen LogP contribution in [0, 0.1) is 6.92 Å². The van der Waals surface area contributed by atoms with Crippen LogP contribution in [0.25, 0.3) is 0 Å². The van der Waals surface area contributed by atoms with Gasteiger partial charge >= 0.3 is 0 Å². The monoisotopic (exact) mass is 181 g/mol. The van der Waals surface area contributed by atoms with Crippen LogP contribution in [0.2, 0.25) is 0 Å². The smallest absolute Gasteiger partial charge is 0.145 e. The molecule has 0 spiro atoms. The van der Waals surface area contributed by atoms with Gasteiger partial charge in [0.15, 0.2) is 0 Å². The molecule has 74 valence electrons. The van der Waals surface area contributed by atoms with Crippen LogP contribution in [0.1, 0.15) is 57.6 Å². The number of rotatable bonds is 1. The van der Waals surface area contributed by atoms with E-state index in [9.17, 15) is 0 Å². The molecule has 0 saturated heterocycles. The summed E-state index contributed by atoms with van der Waals surface area (Å²) in [6.07, 6.45) is 0. The van der Waals surface area contributed by atoms with Crippen molar-refractivity contribution in [2.75, 3.05) is 0 Å². The second-order valence-corrected chi connectivity index (χ2v) is 4.92. The maximum absolute atomic E-state index is 5.37. The van der Waals surface area contributed by atoms with Crippen molar-refractivity contribution >= 4 is 0 Å². The molecule has 0 atom stereocenters. The standard InChI is InChI=1S/C11H19NO/c1-7(2)9-8(3)12-13-10(9)11(4,5)6/h7H,1-6H3. The fourth-order valence-corrected chi connectivity index (χ4v) is 1.60. The van der Waals surface area contributed by atoms with E-state index < -0.39 is 0 Å². The Bertz CT molecular complexity index is 292. The van der Waals surface area contributed by atoms with Gasteiger partial charge in [-0.2, -0.15) is 0 Å². The van der Waals surface area contributed by atoms with Crippen LogP contribution >= 0.6 is 0 Å². The minimum absolute atomic E-state index is 0.0564. The van der Waals surface area contributed by atoms with Gasteiger partial charge in [-0.25, -0.2) is 0 Å². The van der Waals surface area contributed by atoms with Crippen LogP contribution in [-0.2, 0) is 5.41 Å². The highest BCUT2D eigenvalue weighted by atomic mass is 16.5. The van der Waals surface area contributed by atoms with Gasteiger partial charge < -0.3 is 4.52 Å². The van der Waals surface area contributed by atoms with Gasteiger partial charge in [0, 0.05) is 11.0 Å². The van der Waals surface area contributed by atoms with Crippen molar-refractivity contribution in [2.24, 2.45) is 0 Å². The van der Waals surface area contributed by atoms with E-state index in [0.29, 0.717) is 5.92 Å². The molecule has 0 saturated carbocycles. The Morgan fingerprint density at radius 2 is 1.77 bits per heavy atom. The topological polar surface area (TPSA) is 26.0 Å². The number of hydrogen-bond acceptors (Lipinski definition) is 2. The van der Waals surface area contributed by atoms with E-state index in [1.807, 2.05) is 6.92 Å². The van der Waals surface area contributed by atoms with Crippen LogP contribution < -0.4 is 0 Å². The highest BCUT2D eigenvalue weighted by Crippen LogP contribution is 2.32. The summed E-state index contributed by atoms with van der Waals surface area (Å²) in [6.45, 7) is 12.8. The Labute approximate surface area is 80.3 Å². The molecule has 1 rings (SSSR count). The summed E-state index contributed by atoms with van der Waals surface area (Å²) < 4.78 is 5.37. The second kappa shape index (κ2) is 3.17. The summed E-state index contributed by atoms with van der Waals surface area (Å²) in [5.74, 6) is 1.51. The molecule has 1 aromatic rings. The minimum atomic E-state index is 0.0564. The Morgan fingerprint density at radius 3 is 2.08 bits per heavy atom. The van der Waals surface area contributed by atoms with Crippen molar-refractivity contribution in [3.05, 3.63) is 17.0 Å². The zero-order chi connectivity index (χ0) is 10.2. The molecule has 13 heavy (non-hydrogen) atoms. The molecule has 0 bridgehead atoms. The van der Waals surface area contributed by atoms with Gasteiger partial charge in [0.1, 0.15) is 5.76 Å². The van der Waals surface area contributed by atoms with Crippen LogP contribution in [0.5, 0.6) is 0 Å². The Balaban J connectivity index is 3.23. The first-order chi connectivity index (χ1) is 5.84. The largest absolute Gasteiger partial charge is 0.360 e. The molecular weight excluding hydrogens is 162 g/mol. The molecule has 2 heteroatoms. The molecular formula is C11H19NO. The third-order valence-electron chi connectivity index (χ3n) is 2.17. The molecule has 1 aromatic heterocycles. The molecule has 0 fully saturated rings. The van der Waals surface area contributed by atoms with Gasteiger partial charge in [0.2, 0.25) is 0 Å². The van der Waals surface area contributed by atoms with Gasteiger partial charge in [-0.15, -0.1) is 0 Å². The fourth-order valence-electron chi connectivity index (χ4n) is 1.60. The molecule has 0 aromatic carbocycles. The van der Waals surface area contributed by atoms with E-state index in [1.54, 1.807) is 0 Å². The molecule has 2 nitrogen and oxygen atoms in total. The molecule has 1 heterocycles. The normalized spacial score (nSPS) is 12.5. The summed E-state index contributed by atoms with van der Waals surface area (Å²) in [5.41, 5.74) is 2.35. The van der Waals surface area contributed by atoms with Crippen molar-refractivity contribution in [2.45, 2.75) is 52.9 Å². The molecule has 0 aliphatic rings. The zero-order valence-electron chi connectivity index (χ0n) is 9.43. The first kappa shape index (κ1) is 10.3. The van der Waals surface area contributed by atoms with Crippen molar-refractivity contribution in [1.29, 1.82) is 0 Å². The van der Waals surface area contributed by atoms with E-state index in [0.717, 1.165) is 11.5 Å². The number of nitrogens with zero attached hydrogens (tertiary/aromatic N) is 1. The third-order valence-corrected chi connectivity index (χ3v) is 2.17. The van der Waals surface area contributed by atoms with Gasteiger partial charge in [-0.3, -0.25) is 0 Å². The second-order valence-electron chi connectivity index (χ2n) is 4.92. The summed E-state index contributed by atoms with van der Waals surface area (Å²) in [6, 6.07) is 0. The van der Waals surface area contributed by atoms with E-state index >= 15 is 0 Å². The third kappa shape index (κ3) is 1.93. The van der Waals surface area contributed by atoms with E-state index in [2.05, 4.69) is 39.8 Å². The highest BCUT2D eigenvalue weighted by Gasteiger charge is 2.26. The predicted octanol–water partition coefficient (Wildman–Crippen LogP) is 3.40. The fraction of sp³-hybridized carbons (Fsp3) is 0.727. The van der Waals surface area contributed by atoms with Gasteiger partial charge in [-0.05, 0) is 12.8 Å². The highest BCUT2D eigenvalue weighted by molar-refractivity contribution is 5.29. The summed E-state index contributed by atoms with van der Waals surface area (Å²) in [5, 5.41) is 4.03. The van der Waals surface area contributed by atoms with Crippen LogP contribution in [0.4, 0.5) is 0 Å². The molecule has 0 unspecified atom stereocenters. The quantitative estimate of drug-likeness (QED) is 0.663. The lowest BCUT2D eigenvalue weighted by Crippen LogP contribution is -2.13. The Kier molecular flexibility index (Phi) is 2.51. The Hall–Kier alpha value is -0.790. The van der Waals surface area contributed by atoms with Crippen LogP contribution in [0.3, 0.4) is 0 Å². The SMILES string of the molecule is Cc1noc(C(C)(C)C)c1C(C)C. The molecule has 0 radical (unpaired) electrons. The zero-order valence-corrected chi connectivity index (χ0v) is 9.43. The van der Waals surface area contributed by atoms with Gasteiger partial charge in [-0.1, -0.05) is 39.8 Å². The van der Waals surface area contributed by atoms with E-state index in [4.69, 9.17) is 4.52 Å². The average Bonchev–Trinajstić information content (AvgIpc) is 2.28. The average molecular weight is 181 g/mol. The van der Waals surface area contributed by atoms with Crippen molar-refractivity contribution in [3.63, 3.8) is 0 Å². The Morgan fingerprint density at radius 1 is 1.23 bits per heavy atom. The first-order valence-corrected chi connectivity index (χ1v) is 4.80. The maximum Gasteiger partial charge on any atom is 0.145 e. The lowest BCUT2D eigenvalue weighted by molar-refractivity contribution is 0.324. The van der Waals surface area contributed by atoms with E-state index in [1.165, 1.54) is 5.56 Å². The van der Waals surface area contributed by atoms with Crippen molar-refractivity contribution in [3.8, 4) is 0 Å². The molecule has 0 amide bonds. The van der Waals surface area contributed by atoms with Crippen LogP contribution in [0.15, 0.2) is 4.52 Å². The van der Waals surface area contributed by atoms with Gasteiger partial charge in [0.25, 0.3) is 0 Å². The number of aromatic nitrogens is 1. The number of aryl methyl sites for hydroxylation is 1. The maximum atomic E-state index is 5.37. The minimum Gasteiger partial charge on any atom is -0.360 e. The summed E-state index contributed by atoms with van der Waals surface area (Å²) in [4.78, 5) is 0. The van der Waals surface area contributed by atoms with Gasteiger partial charge in [0.05, 0.1) is 5.69 Å². The lowest BCUT2D eigenvalue weighted by Gasteiger charge is -2.17. The van der Waals surface area contributed by atoms with E-state index in [-0.39, 0.29) is 5.41 Å². The summed E-state index contributed by atoms with van der Waals surface area (Å²) >= 11 is 0. The molecule has 0 N–H and O–H groups in total. The van der Waals surface area contributed by atoms with Crippen molar-refractivity contribution < 1.29 is 4.52 Å². The van der Waals surface area contributed by atoms with Crippen LogP contribution in [-0.4, -0.2) is 5.16 Å². The number of hydrogen-bond donors (Lipinski definition) is 0. The molecule has 0 aliphatic carbocycles. The predicted molar refractivity (Wildman–Crippen MR) is 54.0 cm³/mol. The first-order valence-electron chi connectivity index (χ1n) is 4.80. The lowest BCUT2D eigenvalue weighted by atomic mass is 9.86.